The lowest BCUT2D eigenvalue weighted by atomic mass is 10.3. The Morgan fingerprint density at radius 1 is 1.57 bits per heavy atom. The maximum absolute atomic E-state index is 11.0. The molecule has 6 heteroatoms. The van der Waals surface area contributed by atoms with Gasteiger partial charge in [-0.15, -0.1) is 0 Å². The molecule has 0 bridgehead atoms. The van der Waals surface area contributed by atoms with Crippen molar-refractivity contribution in [3.63, 3.8) is 0 Å². The Hall–Kier alpha value is -0.640. The number of carbonyl (C=O) groups excluding carboxylic acids is 1. The van der Waals surface area contributed by atoms with Gasteiger partial charge < -0.3 is 14.5 Å². The molecule has 0 aliphatic carbocycles. The Bertz CT molecular complexity index is 267. The van der Waals surface area contributed by atoms with Crippen LogP contribution in [0.1, 0.15) is 26.7 Å². The van der Waals surface area contributed by atoms with Gasteiger partial charge in [0.2, 0.25) is 5.85 Å². The normalized spacial score (nSPS) is 13.4. The van der Waals surface area contributed by atoms with Crippen molar-refractivity contribution in [3.8, 4) is 0 Å². The standard InChI is InChI=1S/C8H15O5P/c1-4-5-7(14(10,11)12)13-8(9)6(2)3/h7H,2,4-5H2,1,3H3,(H2,10,11,12). The molecule has 0 spiro atoms. The minimum absolute atomic E-state index is 0.125. The molecule has 0 aliphatic rings. The Morgan fingerprint density at radius 2 is 2.07 bits per heavy atom. The van der Waals surface area contributed by atoms with Gasteiger partial charge >= 0.3 is 13.6 Å². The van der Waals surface area contributed by atoms with E-state index in [4.69, 9.17) is 9.79 Å². The van der Waals surface area contributed by atoms with E-state index in [2.05, 4.69) is 11.3 Å². The van der Waals surface area contributed by atoms with Crippen molar-refractivity contribution in [2.24, 2.45) is 0 Å². The van der Waals surface area contributed by atoms with Gasteiger partial charge in [-0.25, -0.2) is 4.79 Å². The first-order chi connectivity index (χ1) is 6.29. The molecule has 0 saturated heterocycles. The molecule has 0 fully saturated rings. The first kappa shape index (κ1) is 13.4. The summed E-state index contributed by atoms with van der Waals surface area (Å²) >= 11 is 0. The monoisotopic (exact) mass is 222 g/mol. The summed E-state index contributed by atoms with van der Waals surface area (Å²) < 4.78 is 15.5. The van der Waals surface area contributed by atoms with Crippen molar-refractivity contribution in [1.82, 2.24) is 0 Å². The highest BCUT2D eigenvalue weighted by molar-refractivity contribution is 7.52. The smallest absolute Gasteiger partial charge is 0.365 e. The minimum Gasteiger partial charge on any atom is -0.446 e. The van der Waals surface area contributed by atoms with Crippen LogP contribution in [-0.4, -0.2) is 21.6 Å². The van der Waals surface area contributed by atoms with Gasteiger partial charge in [-0.2, -0.15) is 0 Å². The first-order valence-corrected chi connectivity index (χ1v) is 5.89. The van der Waals surface area contributed by atoms with Crippen molar-refractivity contribution in [2.75, 3.05) is 0 Å². The largest absolute Gasteiger partial charge is 0.446 e. The topological polar surface area (TPSA) is 83.8 Å². The molecule has 5 nitrogen and oxygen atoms in total. The summed E-state index contributed by atoms with van der Waals surface area (Å²) in [5.74, 6) is -2.12. The second-order valence-corrected chi connectivity index (χ2v) is 4.77. The molecule has 0 aromatic carbocycles. The average molecular weight is 222 g/mol. The van der Waals surface area contributed by atoms with E-state index in [1.54, 1.807) is 6.92 Å². The number of hydrogen-bond donors (Lipinski definition) is 2. The maximum atomic E-state index is 11.0. The average Bonchev–Trinajstić information content (AvgIpc) is 2.01. The highest BCUT2D eigenvalue weighted by Crippen LogP contribution is 2.44. The minimum atomic E-state index is -4.37. The van der Waals surface area contributed by atoms with E-state index in [-0.39, 0.29) is 12.0 Å². The van der Waals surface area contributed by atoms with E-state index in [9.17, 15) is 9.36 Å². The first-order valence-electron chi connectivity index (χ1n) is 4.20. The molecule has 0 rings (SSSR count). The molecule has 0 aliphatic heterocycles. The molecule has 0 aromatic rings. The van der Waals surface area contributed by atoms with E-state index >= 15 is 0 Å². The number of hydrogen-bond acceptors (Lipinski definition) is 3. The quantitative estimate of drug-likeness (QED) is 0.417. The zero-order chi connectivity index (χ0) is 11.4. The highest BCUT2D eigenvalue weighted by Gasteiger charge is 2.31. The highest BCUT2D eigenvalue weighted by atomic mass is 31.2. The molecule has 0 saturated carbocycles. The Labute approximate surface area is 82.9 Å². The molecule has 0 radical (unpaired) electrons. The van der Waals surface area contributed by atoms with Gasteiger partial charge in [0.15, 0.2) is 0 Å². The Kier molecular flexibility index (Phi) is 5.05. The Morgan fingerprint density at radius 3 is 2.36 bits per heavy atom. The van der Waals surface area contributed by atoms with Gasteiger partial charge in [0.05, 0.1) is 0 Å². The fourth-order valence-electron chi connectivity index (χ4n) is 0.767. The van der Waals surface area contributed by atoms with Gasteiger partial charge in [0.1, 0.15) is 0 Å². The number of carbonyl (C=O) groups is 1. The molecule has 82 valence electrons. The molecule has 0 heterocycles. The fourth-order valence-corrected chi connectivity index (χ4v) is 1.59. The van der Waals surface area contributed by atoms with E-state index in [1.807, 2.05) is 0 Å². The maximum Gasteiger partial charge on any atom is 0.365 e. The molecule has 14 heavy (non-hydrogen) atoms. The van der Waals surface area contributed by atoms with Crippen molar-refractivity contribution in [1.29, 1.82) is 0 Å². The van der Waals surface area contributed by atoms with Crippen molar-refractivity contribution in [3.05, 3.63) is 12.2 Å². The number of esters is 1. The van der Waals surface area contributed by atoms with Crippen LogP contribution in [0.3, 0.4) is 0 Å². The zero-order valence-corrected chi connectivity index (χ0v) is 9.16. The van der Waals surface area contributed by atoms with E-state index < -0.39 is 19.4 Å². The molecule has 1 unspecified atom stereocenters. The van der Waals surface area contributed by atoms with Crippen LogP contribution in [0.2, 0.25) is 0 Å². The van der Waals surface area contributed by atoms with Crippen molar-refractivity contribution in [2.45, 2.75) is 32.5 Å². The third-order valence-corrected chi connectivity index (χ3v) is 2.62. The predicted molar refractivity (Wildman–Crippen MR) is 51.6 cm³/mol. The molecular formula is C8H15O5P. The van der Waals surface area contributed by atoms with Crippen molar-refractivity contribution < 1.29 is 23.9 Å². The van der Waals surface area contributed by atoms with Crippen LogP contribution in [0.25, 0.3) is 0 Å². The zero-order valence-electron chi connectivity index (χ0n) is 8.27. The van der Waals surface area contributed by atoms with Gasteiger partial charge in [0.25, 0.3) is 0 Å². The third kappa shape index (κ3) is 4.56. The summed E-state index contributed by atoms with van der Waals surface area (Å²) in [6.07, 6.45) is 0.669. The lowest BCUT2D eigenvalue weighted by Crippen LogP contribution is -2.18. The van der Waals surface area contributed by atoms with Crippen LogP contribution < -0.4 is 0 Å². The molecular weight excluding hydrogens is 207 g/mol. The SMILES string of the molecule is C=C(C)C(=O)OC(CCC)P(=O)(O)O. The number of ether oxygens (including phenoxy) is 1. The Balaban J connectivity index is 4.46. The lowest BCUT2D eigenvalue weighted by Gasteiger charge is -2.18. The van der Waals surface area contributed by atoms with Gasteiger partial charge in [-0.05, 0) is 13.3 Å². The van der Waals surface area contributed by atoms with Gasteiger partial charge in [-0.1, -0.05) is 19.9 Å². The summed E-state index contributed by atoms with van der Waals surface area (Å²) in [4.78, 5) is 28.7. The summed E-state index contributed by atoms with van der Waals surface area (Å²) in [6, 6.07) is 0. The van der Waals surface area contributed by atoms with Crippen molar-refractivity contribution >= 4 is 13.6 Å². The molecule has 1 atom stereocenters. The van der Waals surface area contributed by atoms with Gasteiger partial charge in [0, 0.05) is 5.57 Å². The third-order valence-electron chi connectivity index (χ3n) is 1.50. The summed E-state index contributed by atoms with van der Waals surface area (Å²) in [5, 5.41) is 0. The van der Waals surface area contributed by atoms with Crippen LogP contribution in [0.4, 0.5) is 0 Å². The van der Waals surface area contributed by atoms with Crippen LogP contribution in [0.5, 0.6) is 0 Å². The van der Waals surface area contributed by atoms with Crippen LogP contribution >= 0.6 is 7.60 Å². The van der Waals surface area contributed by atoms with Crippen LogP contribution in [0.15, 0.2) is 12.2 Å². The molecule has 2 N–H and O–H groups in total. The van der Waals surface area contributed by atoms with E-state index in [0.717, 1.165) is 0 Å². The summed E-state index contributed by atoms with van der Waals surface area (Å²) in [7, 11) is -4.37. The molecule has 0 amide bonds. The van der Waals surface area contributed by atoms with Crippen LogP contribution in [0, 0.1) is 0 Å². The number of rotatable bonds is 5. The summed E-state index contributed by atoms with van der Waals surface area (Å²) in [6.45, 7) is 6.49. The van der Waals surface area contributed by atoms with Crippen LogP contribution in [-0.2, 0) is 14.1 Å². The van der Waals surface area contributed by atoms with E-state index in [1.165, 1.54) is 6.92 Å². The second kappa shape index (κ2) is 5.29. The second-order valence-electron chi connectivity index (χ2n) is 3.02. The van der Waals surface area contributed by atoms with Gasteiger partial charge in [-0.3, -0.25) is 4.57 Å². The van der Waals surface area contributed by atoms with E-state index in [0.29, 0.717) is 6.42 Å². The lowest BCUT2D eigenvalue weighted by molar-refractivity contribution is -0.141. The fraction of sp³-hybridized carbons (Fsp3) is 0.625. The summed E-state index contributed by atoms with van der Waals surface area (Å²) in [5.41, 5.74) is 0.125. The predicted octanol–water partition coefficient (Wildman–Crippen LogP) is 1.41. The molecule has 0 aromatic heterocycles.